The molecule has 0 bridgehead atoms. The minimum atomic E-state index is -2.82. The largest absolute Gasteiger partial charge is 0.508 e. The van der Waals surface area contributed by atoms with Crippen LogP contribution in [-0.2, 0) is 22.6 Å². The molecule has 0 unspecified atom stereocenters. The first kappa shape index (κ1) is 18.7. The number of aliphatic carboxylic acids is 2. The molecule has 9 nitrogen and oxygen atoms in total. The number of carboxylic acid groups (broad SMARTS) is 2. The molecular formula is C17H16N2O7. The third-order valence-electron chi connectivity index (χ3n) is 3.92. The number of benzene rings is 2. The highest BCUT2D eigenvalue weighted by molar-refractivity contribution is 6.03. The lowest BCUT2D eigenvalue weighted by atomic mass is 9.89. The van der Waals surface area contributed by atoms with Crippen LogP contribution in [-0.4, -0.2) is 42.8 Å². The smallest absolute Gasteiger partial charge is 0.347 e. The summed E-state index contributed by atoms with van der Waals surface area (Å²) in [7, 11) is 0. The van der Waals surface area contributed by atoms with Crippen molar-refractivity contribution in [3.05, 3.63) is 75.8 Å². The first-order chi connectivity index (χ1) is 12.3. The molecule has 0 saturated carbocycles. The lowest BCUT2D eigenvalue weighted by Gasteiger charge is -2.30. The highest BCUT2D eigenvalue weighted by Gasteiger charge is 2.58. The zero-order chi connectivity index (χ0) is 19.3. The lowest BCUT2D eigenvalue weighted by molar-refractivity contribution is -0.672. The van der Waals surface area contributed by atoms with Gasteiger partial charge in [0.05, 0.1) is 0 Å². The molecule has 0 heterocycles. The van der Waals surface area contributed by atoms with Crippen molar-refractivity contribution in [2.24, 2.45) is 0 Å². The molecule has 0 fully saturated rings. The van der Waals surface area contributed by atoms with Crippen LogP contribution in [0.2, 0.25) is 0 Å². The quantitative estimate of drug-likeness (QED) is 0.366. The van der Waals surface area contributed by atoms with Gasteiger partial charge in [-0.15, -0.1) is 0 Å². The predicted molar refractivity (Wildman–Crippen MR) is 88.8 cm³/mol. The van der Waals surface area contributed by atoms with Crippen molar-refractivity contribution in [1.29, 1.82) is 0 Å². The van der Waals surface area contributed by atoms with Crippen molar-refractivity contribution in [3.63, 3.8) is 0 Å². The summed E-state index contributed by atoms with van der Waals surface area (Å²) >= 11 is 0. The molecule has 3 N–H and O–H groups in total. The van der Waals surface area contributed by atoms with Crippen LogP contribution in [0.25, 0.3) is 0 Å². The number of carbonyl (C=O) groups is 2. The van der Waals surface area contributed by atoms with E-state index in [1.54, 1.807) is 18.2 Å². The van der Waals surface area contributed by atoms with E-state index in [2.05, 4.69) is 0 Å². The first-order valence-corrected chi connectivity index (χ1v) is 7.48. The Bertz CT molecular complexity index is 792. The standard InChI is InChI=1S/C17H16N2O7/c20-14-8-6-12(7-9-14)10-17(15(21)22,16(23)24)18(19(25)26)11-13-4-2-1-3-5-13/h1-9,20H,10-11H2,(H,21,22)(H,23,24). The molecule has 0 aromatic heterocycles. The van der Waals surface area contributed by atoms with Crippen LogP contribution in [0.4, 0.5) is 0 Å². The van der Waals surface area contributed by atoms with E-state index in [9.17, 15) is 35.0 Å². The van der Waals surface area contributed by atoms with Crippen molar-refractivity contribution in [2.45, 2.75) is 18.5 Å². The number of phenolic OH excluding ortho intramolecular Hbond substituents is 1. The van der Waals surface area contributed by atoms with Gasteiger partial charge in [-0.3, -0.25) is 0 Å². The van der Waals surface area contributed by atoms with E-state index in [-0.39, 0.29) is 16.3 Å². The summed E-state index contributed by atoms with van der Waals surface area (Å²) in [5.74, 6) is -3.81. The van der Waals surface area contributed by atoms with E-state index in [4.69, 9.17) is 0 Å². The Morgan fingerprint density at radius 3 is 1.96 bits per heavy atom. The molecule has 0 atom stereocenters. The second kappa shape index (κ2) is 7.51. The molecule has 0 radical (unpaired) electrons. The summed E-state index contributed by atoms with van der Waals surface area (Å²) in [5.41, 5.74) is -2.22. The molecule has 136 valence electrons. The summed E-state index contributed by atoms with van der Waals surface area (Å²) < 4.78 is 0. The second-order valence-electron chi connectivity index (χ2n) is 5.59. The van der Waals surface area contributed by atoms with Gasteiger partial charge in [0.2, 0.25) is 0 Å². The fraction of sp³-hybridized carbons (Fsp3) is 0.176. The van der Waals surface area contributed by atoms with Crippen LogP contribution in [0.15, 0.2) is 54.6 Å². The van der Waals surface area contributed by atoms with Gasteiger partial charge in [-0.05, 0) is 23.3 Å². The Hall–Kier alpha value is -3.62. The molecule has 2 aromatic carbocycles. The third kappa shape index (κ3) is 3.72. The molecular weight excluding hydrogens is 344 g/mol. The zero-order valence-corrected chi connectivity index (χ0v) is 13.5. The van der Waals surface area contributed by atoms with Gasteiger partial charge in [0.25, 0.3) is 5.54 Å². The van der Waals surface area contributed by atoms with E-state index >= 15 is 0 Å². The van der Waals surface area contributed by atoms with Gasteiger partial charge >= 0.3 is 11.9 Å². The van der Waals surface area contributed by atoms with Crippen molar-refractivity contribution in [1.82, 2.24) is 5.01 Å². The number of nitro groups is 1. The van der Waals surface area contributed by atoms with Crippen LogP contribution in [0.1, 0.15) is 11.1 Å². The summed E-state index contributed by atoms with van der Waals surface area (Å²) in [6.07, 6.45) is -0.661. The number of hydrogen-bond acceptors (Lipinski definition) is 5. The number of carboxylic acids is 2. The molecule has 0 aliphatic heterocycles. The minimum absolute atomic E-state index is 0.0968. The maximum absolute atomic E-state index is 11.9. The molecule has 0 aliphatic rings. The van der Waals surface area contributed by atoms with Crippen LogP contribution in [0, 0.1) is 10.1 Å². The number of hydrazine groups is 1. The summed E-state index contributed by atoms with van der Waals surface area (Å²) in [5, 5.41) is 39.3. The highest BCUT2D eigenvalue weighted by Crippen LogP contribution is 2.26. The summed E-state index contributed by atoms with van der Waals surface area (Å²) in [4.78, 5) is 35.4. The van der Waals surface area contributed by atoms with Gasteiger partial charge in [-0.1, -0.05) is 47.5 Å². The number of hydrogen-bond donors (Lipinski definition) is 3. The van der Waals surface area contributed by atoms with E-state index in [0.717, 1.165) is 0 Å². The molecule has 0 saturated heterocycles. The minimum Gasteiger partial charge on any atom is -0.508 e. The fourth-order valence-corrected chi connectivity index (χ4v) is 2.55. The second-order valence-corrected chi connectivity index (χ2v) is 5.59. The van der Waals surface area contributed by atoms with E-state index < -0.39 is 35.5 Å². The van der Waals surface area contributed by atoms with Crippen LogP contribution in [0.3, 0.4) is 0 Å². The first-order valence-electron chi connectivity index (χ1n) is 7.48. The summed E-state index contributed by atoms with van der Waals surface area (Å²) in [6.45, 7) is -0.509. The topological polar surface area (TPSA) is 141 Å². The Balaban J connectivity index is 2.52. The Kier molecular flexibility index (Phi) is 5.41. The highest BCUT2D eigenvalue weighted by atomic mass is 16.7. The fourth-order valence-electron chi connectivity index (χ4n) is 2.55. The van der Waals surface area contributed by atoms with Gasteiger partial charge < -0.3 is 15.3 Å². The van der Waals surface area contributed by atoms with E-state index in [0.29, 0.717) is 5.56 Å². The third-order valence-corrected chi connectivity index (χ3v) is 3.92. The number of nitrogens with zero attached hydrogens (tertiary/aromatic N) is 2. The van der Waals surface area contributed by atoms with Crippen molar-refractivity contribution in [2.75, 3.05) is 0 Å². The van der Waals surface area contributed by atoms with Gasteiger partial charge in [-0.25, -0.2) is 19.7 Å². The van der Waals surface area contributed by atoms with Crippen molar-refractivity contribution in [3.8, 4) is 5.75 Å². The van der Waals surface area contributed by atoms with Crippen molar-refractivity contribution < 1.29 is 29.9 Å². The monoisotopic (exact) mass is 360 g/mol. The van der Waals surface area contributed by atoms with Crippen molar-refractivity contribution >= 4 is 11.9 Å². The maximum Gasteiger partial charge on any atom is 0.347 e. The molecule has 9 heteroatoms. The van der Waals surface area contributed by atoms with Crippen LogP contribution < -0.4 is 0 Å². The summed E-state index contributed by atoms with van der Waals surface area (Å²) in [6, 6.07) is 13.1. The van der Waals surface area contributed by atoms with Crippen LogP contribution >= 0.6 is 0 Å². The molecule has 26 heavy (non-hydrogen) atoms. The molecule has 0 amide bonds. The lowest BCUT2D eigenvalue weighted by Crippen LogP contribution is -2.63. The maximum atomic E-state index is 11.9. The Labute approximate surface area is 147 Å². The number of phenols is 1. The SMILES string of the molecule is O=C(O)C(Cc1ccc(O)cc1)(C(=O)O)N(Cc1ccccc1)[N+](=O)[O-]. The predicted octanol–water partition coefficient (Wildman–Crippen LogP) is 1.54. The number of aromatic hydroxyl groups is 1. The normalized spacial score (nSPS) is 10.9. The average Bonchev–Trinajstić information content (AvgIpc) is 2.59. The van der Waals surface area contributed by atoms with E-state index in [1.807, 2.05) is 0 Å². The molecule has 0 aliphatic carbocycles. The van der Waals surface area contributed by atoms with Gasteiger partial charge in [0.15, 0.2) is 5.03 Å². The molecule has 2 rings (SSSR count). The van der Waals surface area contributed by atoms with E-state index in [1.165, 1.54) is 36.4 Å². The van der Waals surface area contributed by atoms with Gasteiger partial charge in [0, 0.05) is 6.42 Å². The Morgan fingerprint density at radius 2 is 1.50 bits per heavy atom. The Morgan fingerprint density at radius 1 is 0.962 bits per heavy atom. The number of rotatable bonds is 8. The van der Waals surface area contributed by atoms with Gasteiger partial charge in [0.1, 0.15) is 12.3 Å². The molecule has 0 spiro atoms. The van der Waals surface area contributed by atoms with Gasteiger partial charge in [-0.2, -0.15) is 0 Å². The van der Waals surface area contributed by atoms with Crippen LogP contribution in [0.5, 0.6) is 5.75 Å². The molecule has 2 aromatic rings. The zero-order valence-electron chi connectivity index (χ0n) is 13.5. The average molecular weight is 360 g/mol.